The van der Waals surface area contributed by atoms with Gasteiger partial charge in [0.1, 0.15) is 5.69 Å². The third-order valence-electron chi connectivity index (χ3n) is 4.34. The minimum atomic E-state index is -0.124. The average molecular weight is 346 g/mol. The highest BCUT2D eigenvalue weighted by Gasteiger charge is 2.15. The van der Waals surface area contributed by atoms with E-state index in [1.54, 1.807) is 30.5 Å². The molecule has 0 unspecified atom stereocenters. The van der Waals surface area contributed by atoms with Crippen LogP contribution in [-0.2, 0) is 6.42 Å². The molecular formula is C21H22N4O. The maximum Gasteiger partial charge on any atom is 0.276 e. The Balaban J connectivity index is 1.70. The topological polar surface area (TPSA) is 49.3 Å². The molecule has 0 fully saturated rings. The molecular weight excluding hydrogens is 324 g/mol. The SMILES string of the molecule is CN(CCc1ccncc1)c1ccnc(C(=O)N(C)c2ccccc2)c1. The molecule has 3 aromatic rings. The monoisotopic (exact) mass is 346 g/mol. The van der Waals surface area contributed by atoms with Crippen LogP contribution >= 0.6 is 0 Å². The maximum absolute atomic E-state index is 12.7. The van der Waals surface area contributed by atoms with E-state index in [0.29, 0.717) is 5.69 Å². The molecule has 1 aromatic carbocycles. The molecule has 2 heterocycles. The van der Waals surface area contributed by atoms with Crippen LogP contribution < -0.4 is 9.80 Å². The van der Waals surface area contributed by atoms with Gasteiger partial charge < -0.3 is 9.80 Å². The molecule has 0 bridgehead atoms. The Morgan fingerprint density at radius 2 is 1.65 bits per heavy atom. The van der Waals surface area contributed by atoms with Crippen molar-refractivity contribution in [2.75, 3.05) is 30.4 Å². The van der Waals surface area contributed by atoms with Crippen LogP contribution in [0.4, 0.5) is 11.4 Å². The lowest BCUT2D eigenvalue weighted by Gasteiger charge is -2.21. The highest BCUT2D eigenvalue weighted by atomic mass is 16.2. The van der Waals surface area contributed by atoms with Gasteiger partial charge in [0.25, 0.3) is 5.91 Å². The fraction of sp³-hybridized carbons (Fsp3) is 0.190. The number of aromatic nitrogens is 2. The van der Waals surface area contributed by atoms with Crippen molar-refractivity contribution in [2.45, 2.75) is 6.42 Å². The standard InChI is InChI=1S/C21H22N4O/c1-24(15-11-17-8-12-22-13-9-17)19-10-14-23-20(16-19)21(26)25(2)18-6-4-3-5-7-18/h3-10,12-14,16H,11,15H2,1-2H3. The number of carbonyl (C=O) groups excluding carboxylic acids is 1. The molecule has 0 atom stereocenters. The van der Waals surface area contributed by atoms with Gasteiger partial charge in [0.05, 0.1) is 0 Å². The zero-order chi connectivity index (χ0) is 18.4. The normalized spacial score (nSPS) is 10.4. The van der Waals surface area contributed by atoms with Crippen molar-refractivity contribution >= 4 is 17.3 Å². The second-order valence-corrected chi connectivity index (χ2v) is 6.13. The molecule has 3 rings (SSSR count). The fourth-order valence-electron chi connectivity index (χ4n) is 2.69. The number of nitrogens with zero attached hydrogens (tertiary/aromatic N) is 4. The van der Waals surface area contributed by atoms with E-state index in [1.807, 2.05) is 61.6 Å². The molecule has 26 heavy (non-hydrogen) atoms. The summed E-state index contributed by atoms with van der Waals surface area (Å²) < 4.78 is 0. The van der Waals surface area contributed by atoms with Crippen molar-refractivity contribution < 1.29 is 4.79 Å². The highest BCUT2D eigenvalue weighted by Crippen LogP contribution is 2.18. The van der Waals surface area contributed by atoms with E-state index in [4.69, 9.17) is 0 Å². The van der Waals surface area contributed by atoms with Crippen LogP contribution in [0.3, 0.4) is 0 Å². The molecule has 0 radical (unpaired) electrons. The van der Waals surface area contributed by atoms with E-state index in [-0.39, 0.29) is 5.91 Å². The summed E-state index contributed by atoms with van der Waals surface area (Å²) in [6.07, 6.45) is 6.20. The summed E-state index contributed by atoms with van der Waals surface area (Å²) >= 11 is 0. The zero-order valence-electron chi connectivity index (χ0n) is 15.0. The summed E-state index contributed by atoms with van der Waals surface area (Å²) in [7, 11) is 3.78. The van der Waals surface area contributed by atoms with Crippen LogP contribution in [0.5, 0.6) is 0 Å². The predicted molar refractivity (Wildman–Crippen MR) is 105 cm³/mol. The van der Waals surface area contributed by atoms with Gasteiger partial charge in [0, 0.05) is 50.6 Å². The third kappa shape index (κ3) is 4.25. The van der Waals surface area contributed by atoms with Gasteiger partial charge in [-0.15, -0.1) is 0 Å². The maximum atomic E-state index is 12.7. The Labute approximate surface area is 153 Å². The molecule has 5 heteroatoms. The number of rotatable bonds is 6. The van der Waals surface area contributed by atoms with Gasteiger partial charge in [0.15, 0.2) is 0 Å². The second-order valence-electron chi connectivity index (χ2n) is 6.13. The zero-order valence-corrected chi connectivity index (χ0v) is 15.0. The van der Waals surface area contributed by atoms with Crippen LogP contribution in [-0.4, -0.2) is 36.5 Å². The first-order valence-electron chi connectivity index (χ1n) is 8.54. The van der Waals surface area contributed by atoms with Crippen LogP contribution in [0.2, 0.25) is 0 Å². The number of pyridine rings is 2. The summed E-state index contributed by atoms with van der Waals surface area (Å²) in [5.74, 6) is -0.124. The second kappa shape index (κ2) is 8.25. The van der Waals surface area contributed by atoms with E-state index in [0.717, 1.165) is 24.3 Å². The van der Waals surface area contributed by atoms with Crippen LogP contribution in [0.1, 0.15) is 16.1 Å². The van der Waals surface area contributed by atoms with Gasteiger partial charge in [-0.3, -0.25) is 14.8 Å². The Bertz CT molecular complexity index is 852. The lowest BCUT2D eigenvalue weighted by molar-refractivity contribution is 0.0988. The summed E-state index contributed by atoms with van der Waals surface area (Å²) in [4.78, 5) is 24.8. The molecule has 0 spiro atoms. The van der Waals surface area contributed by atoms with E-state index in [2.05, 4.69) is 14.9 Å². The van der Waals surface area contributed by atoms with Gasteiger partial charge in [-0.2, -0.15) is 0 Å². The Morgan fingerprint density at radius 1 is 0.923 bits per heavy atom. The van der Waals surface area contributed by atoms with Crippen LogP contribution in [0, 0.1) is 0 Å². The van der Waals surface area contributed by atoms with Crippen LogP contribution in [0.15, 0.2) is 73.2 Å². The van der Waals surface area contributed by atoms with Gasteiger partial charge in [-0.05, 0) is 48.4 Å². The van der Waals surface area contributed by atoms with Gasteiger partial charge in [-0.25, -0.2) is 0 Å². The summed E-state index contributed by atoms with van der Waals surface area (Å²) in [5, 5.41) is 0. The van der Waals surface area contributed by atoms with E-state index in [9.17, 15) is 4.79 Å². The van der Waals surface area contributed by atoms with Crippen molar-refractivity contribution in [3.8, 4) is 0 Å². The quantitative estimate of drug-likeness (QED) is 0.686. The number of likely N-dealkylation sites (N-methyl/N-ethyl adjacent to an activating group) is 1. The molecule has 0 saturated carbocycles. The molecule has 0 aliphatic carbocycles. The minimum absolute atomic E-state index is 0.124. The predicted octanol–water partition coefficient (Wildman–Crippen LogP) is 3.43. The first kappa shape index (κ1) is 17.6. The molecule has 132 valence electrons. The van der Waals surface area contributed by atoms with Crippen molar-refractivity contribution in [1.29, 1.82) is 0 Å². The number of anilines is 2. The van der Waals surface area contributed by atoms with E-state index in [1.165, 1.54) is 5.56 Å². The minimum Gasteiger partial charge on any atom is -0.374 e. The molecule has 1 amide bonds. The average Bonchev–Trinajstić information content (AvgIpc) is 2.72. The summed E-state index contributed by atoms with van der Waals surface area (Å²) in [6.45, 7) is 0.843. The Hall–Kier alpha value is -3.21. The third-order valence-corrected chi connectivity index (χ3v) is 4.34. The molecule has 0 aliphatic rings. The lowest BCUT2D eigenvalue weighted by atomic mass is 10.2. The van der Waals surface area contributed by atoms with Crippen molar-refractivity contribution in [3.05, 3.63) is 84.4 Å². The number of benzene rings is 1. The van der Waals surface area contributed by atoms with Crippen molar-refractivity contribution in [2.24, 2.45) is 0 Å². The van der Waals surface area contributed by atoms with Crippen molar-refractivity contribution in [3.63, 3.8) is 0 Å². The summed E-state index contributed by atoms with van der Waals surface area (Å²) in [6, 6.07) is 17.4. The smallest absolute Gasteiger partial charge is 0.276 e. The molecule has 2 aromatic heterocycles. The molecule has 0 saturated heterocycles. The van der Waals surface area contributed by atoms with Gasteiger partial charge >= 0.3 is 0 Å². The number of hydrogen-bond donors (Lipinski definition) is 0. The van der Waals surface area contributed by atoms with Gasteiger partial charge in [-0.1, -0.05) is 18.2 Å². The number of para-hydroxylation sites is 1. The van der Waals surface area contributed by atoms with E-state index >= 15 is 0 Å². The number of amides is 1. The largest absolute Gasteiger partial charge is 0.374 e. The molecule has 5 nitrogen and oxygen atoms in total. The van der Waals surface area contributed by atoms with Gasteiger partial charge in [0.2, 0.25) is 0 Å². The Kier molecular flexibility index (Phi) is 5.59. The first-order chi connectivity index (χ1) is 12.6. The molecule has 0 aliphatic heterocycles. The number of carbonyl (C=O) groups is 1. The Morgan fingerprint density at radius 3 is 2.38 bits per heavy atom. The van der Waals surface area contributed by atoms with E-state index < -0.39 is 0 Å². The first-order valence-corrected chi connectivity index (χ1v) is 8.54. The van der Waals surface area contributed by atoms with Crippen molar-refractivity contribution in [1.82, 2.24) is 9.97 Å². The lowest BCUT2D eigenvalue weighted by Crippen LogP contribution is -2.27. The molecule has 0 N–H and O–H groups in total. The number of hydrogen-bond acceptors (Lipinski definition) is 4. The van der Waals surface area contributed by atoms with Crippen LogP contribution in [0.25, 0.3) is 0 Å². The summed E-state index contributed by atoms with van der Waals surface area (Å²) in [5.41, 5.74) is 3.49. The fourth-order valence-corrected chi connectivity index (χ4v) is 2.69. The highest BCUT2D eigenvalue weighted by molar-refractivity contribution is 6.04.